The Hall–Kier alpha value is -1.51. The second-order valence-corrected chi connectivity index (χ2v) is 5.06. The van der Waals surface area contributed by atoms with E-state index in [-0.39, 0.29) is 0 Å². The molecular formula is C16H18ClNO. The van der Waals surface area contributed by atoms with Gasteiger partial charge in [0.1, 0.15) is 12.4 Å². The molecule has 0 saturated heterocycles. The van der Waals surface area contributed by atoms with Gasteiger partial charge in [-0.05, 0) is 41.8 Å². The Labute approximate surface area is 119 Å². The number of hydrogen-bond donors (Lipinski definition) is 1. The molecule has 1 atom stereocenters. The van der Waals surface area contributed by atoms with Crippen LogP contribution in [0.2, 0.25) is 5.02 Å². The molecule has 2 rings (SSSR count). The average molecular weight is 276 g/mol. The van der Waals surface area contributed by atoms with E-state index in [1.807, 2.05) is 24.3 Å². The molecule has 1 unspecified atom stereocenters. The van der Waals surface area contributed by atoms with Crippen LogP contribution in [0.5, 0.6) is 5.75 Å². The van der Waals surface area contributed by atoms with Gasteiger partial charge in [0.15, 0.2) is 0 Å². The summed E-state index contributed by atoms with van der Waals surface area (Å²) < 4.78 is 5.69. The van der Waals surface area contributed by atoms with Crippen LogP contribution >= 0.6 is 11.6 Å². The molecule has 0 saturated carbocycles. The molecule has 0 radical (unpaired) electrons. The minimum atomic E-state index is 0.392. The molecule has 0 fully saturated rings. The number of benzene rings is 2. The molecule has 0 spiro atoms. The molecule has 0 aromatic heterocycles. The molecule has 2 nitrogen and oxygen atoms in total. The van der Waals surface area contributed by atoms with E-state index >= 15 is 0 Å². The minimum absolute atomic E-state index is 0.392. The molecule has 0 aliphatic rings. The first-order valence-electron chi connectivity index (χ1n) is 6.36. The van der Waals surface area contributed by atoms with Gasteiger partial charge in [-0.25, -0.2) is 0 Å². The van der Waals surface area contributed by atoms with Crippen molar-refractivity contribution in [2.75, 3.05) is 6.54 Å². The number of nitrogens with two attached hydrogens (primary N) is 1. The highest BCUT2D eigenvalue weighted by atomic mass is 35.5. The fraction of sp³-hybridized carbons (Fsp3) is 0.250. The number of ether oxygens (including phenoxy) is 1. The van der Waals surface area contributed by atoms with Gasteiger partial charge in [-0.2, -0.15) is 0 Å². The van der Waals surface area contributed by atoms with Gasteiger partial charge in [0.25, 0.3) is 0 Å². The van der Waals surface area contributed by atoms with E-state index in [2.05, 4.69) is 31.2 Å². The SMILES string of the molecule is CC(CN)c1ccc(COc2cccc(Cl)c2)cc1. The third-order valence-corrected chi connectivity index (χ3v) is 3.34. The van der Waals surface area contributed by atoms with E-state index < -0.39 is 0 Å². The standard InChI is InChI=1S/C16H18ClNO/c1-12(10-18)14-7-5-13(6-8-14)11-19-16-4-2-3-15(17)9-16/h2-9,12H,10-11,18H2,1H3. The van der Waals surface area contributed by atoms with Crippen LogP contribution < -0.4 is 10.5 Å². The Morgan fingerprint density at radius 3 is 2.53 bits per heavy atom. The van der Waals surface area contributed by atoms with Crippen molar-refractivity contribution >= 4 is 11.6 Å². The van der Waals surface area contributed by atoms with Gasteiger partial charge in [0, 0.05) is 5.02 Å². The summed E-state index contributed by atoms with van der Waals surface area (Å²) in [6.07, 6.45) is 0. The maximum atomic E-state index is 5.91. The molecule has 2 aromatic carbocycles. The molecule has 0 bridgehead atoms. The maximum absolute atomic E-state index is 5.91. The lowest BCUT2D eigenvalue weighted by Gasteiger charge is -2.10. The molecule has 3 heteroatoms. The molecule has 19 heavy (non-hydrogen) atoms. The number of halogens is 1. The van der Waals surface area contributed by atoms with Crippen molar-refractivity contribution in [1.82, 2.24) is 0 Å². The second kappa shape index (κ2) is 6.60. The maximum Gasteiger partial charge on any atom is 0.121 e. The van der Waals surface area contributed by atoms with Gasteiger partial charge in [-0.15, -0.1) is 0 Å². The van der Waals surface area contributed by atoms with E-state index in [1.54, 1.807) is 0 Å². The molecule has 2 N–H and O–H groups in total. The van der Waals surface area contributed by atoms with Crippen LogP contribution in [0.1, 0.15) is 24.0 Å². The van der Waals surface area contributed by atoms with Crippen molar-refractivity contribution in [1.29, 1.82) is 0 Å². The molecule has 0 aliphatic carbocycles. The Morgan fingerprint density at radius 1 is 1.16 bits per heavy atom. The van der Waals surface area contributed by atoms with Crippen molar-refractivity contribution in [2.24, 2.45) is 5.73 Å². The lowest BCUT2D eigenvalue weighted by Crippen LogP contribution is -2.08. The van der Waals surface area contributed by atoms with E-state index in [0.717, 1.165) is 11.3 Å². The number of hydrogen-bond acceptors (Lipinski definition) is 2. The van der Waals surface area contributed by atoms with Crippen LogP contribution in [-0.4, -0.2) is 6.54 Å². The largest absolute Gasteiger partial charge is 0.489 e. The highest BCUT2D eigenvalue weighted by Gasteiger charge is 2.03. The second-order valence-electron chi connectivity index (χ2n) is 4.62. The van der Waals surface area contributed by atoms with Gasteiger partial charge < -0.3 is 10.5 Å². The highest BCUT2D eigenvalue weighted by molar-refractivity contribution is 6.30. The Kier molecular flexibility index (Phi) is 4.83. The first-order valence-corrected chi connectivity index (χ1v) is 6.74. The third-order valence-electron chi connectivity index (χ3n) is 3.10. The van der Waals surface area contributed by atoms with Crippen molar-refractivity contribution in [2.45, 2.75) is 19.4 Å². The quantitative estimate of drug-likeness (QED) is 0.896. The number of rotatable bonds is 5. The summed E-state index contributed by atoms with van der Waals surface area (Å²) in [5.41, 5.74) is 8.04. The van der Waals surface area contributed by atoms with Crippen LogP contribution in [0, 0.1) is 0 Å². The van der Waals surface area contributed by atoms with E-state index in [9.17, 15) is 0 Å². The van der Waals surface area contributed by atoms with Crippen molar-refractivity contribution in [3.8, 4) is 5.75 Å². The highest BCUT2D eigenvalue weighted by Crippen LogP contribution is 2.19. The molecule has 0 aliphatic heterocycles. The Balaban J connectivity index is 1.96. The average Bonchev–Trinajstić information content (AvgIpc) is 2.45. The fourth-order valence-corrected chi connectivity index (χ4v) is 1.98. The summed E-state index contributed by atoms with van der Waals surface area (Å²) in [6, 6.07) is 15.8. The van der Waals surface area contributed by atoms with Gasteiger partial charge in [0.05, 0.1) is 0 Å². The molecule has 2 aromatic rings. The van der Waals surface area contributed by atoms with Crippen LogP contribution in [0.15, 0.2) is 48.5 Å². The molecular weight excluding hydrogens is 258 g/mol. The van der Waals surface area contributed by atoms with Crippen LogP contribution in [0.4, 0.5) is 0 Å². The van der Waals surface area contributed by atoms with Gasteiger partial charge in [-0.1, -0.05) is 48.9 Å². The monoisotopic (exact) mass is 275 g/mol. The zero-order valence-electron chi connectivity index (χ0n) is 11.0. The normalized spacial score (nSPS) is 12.2. The van der Waals surface area contributed by atoms with E-state index in [0.29, 0.717) is 24.1 Å². The van der Waals surface area contributed by atoms with Gasteiger partial charge in [-0.3, -0.25) is 0 Å². The summed E-state index contributed by atoms with van der Waals surface area (Å²) in [7, 11) is 0. The predicted octanol–water partition coefficient (Wildman–Crippen LogP) is 3.98. The van der Waals surface area contributed by atoms with Crippen LogP contribution in [0.3, 0.4) is 0 Å². The van der Waals surface area contributed by atoms with Gasteiger partial charge in [0.2, 0.25) is 0 Å². The summed E-state index contributed by atoms with van der Waals surface area (Å²) in [5, 5.41) is 0.685. The van der Waals surface area contributed by atoms with Crippen LogP contribution in [0.25, 0.3) is 0 Å². The zero-order chi connectivity index (χ0) is 13.7. The van der Waals surface area contributed by atoms with Crippen molar-refractivity contribution in [3.05, 3.63) is 64.7 Å². The van der Waals surface area contributed by atoms with Crippen molar-refractivity contribution in [3.63, 3.8) is 0 Å². The lowest BCUT2D eigenvalue weighted by atomic mass is 10.0. The molecule has 0 heterocycles. The summed E-state index contributed by atoms with van der Waals surface area (Å²) in [6.45, 7) is 3.33. The first kappa shape index (κ1) is 13.9. The van der Waals surface area contributed by atoms with Crippen molar-refractivity contribution < 1.29 is 4.74 Å². The summed E-state index contributed by atoms with van der Waals surface area (Å²) >= 11 is 5.91. The Bertz CT molecular complexity index is 525. The fourth-order valence-electron chi connectivity index (χ4n) is 1.80. The summed E-state index contributed by atoms with van der Waals surface area (Å²) in [4.78, 5) is 0. The lowest BCUT2D eigenvalue weighted by molar-refractivity contribution is 0.306. The smallest absolute Gasteiger partial charge is 0.121 e. The third kappa shape index (κ3) is 3.98. The van der Waals surface area contributed by atoms with Crippen LogP contribution in [-0.2, 0) is 6.61 Å². The molecule has 0 amide bonds. The first-order chi connectivity index (χ1) is 9.19. The Morgan fingerprint density at radius 2 is 1.89 bits per heavy atom. The summed E-state index contributed by atoms with van der Waals surface area (Å²) in [5.74, 6) is 1.18. The topological polar surface area (TPSA) is 35.2 Å². The van der Waals surface area contributed by atoms with Gasteiger partial charge >= 0.3 is 0 Å². The predicted molar refractivity (Wildman–Crippen MR) is 79.7 cm³/mol. The van der Waals surface area contributed by atoms with E-state index in [1.165, 1.54) is 5.56 Å². The van der Waals surface area contributed by atoms with E-state index in [4.69, 9.17) is 22.1 Å². The zero-order valence-corrected chi connectivity index (χ0v) is 11.7. The minimum Gasteiger partial charge on any atom is -0.489 e. The molecule has 100 valence electrons.